The topological polar surface area (TPSA) is 61.2 Å². The summed E-state index contributed by atoms with van der Waals surface area (Å²) in [5.41, 5.74) is 1.49. The number of para-hydroxylation sites is 1. The van der Waals surface area contributed by atoms with Crippen molar-refractivity contribution in [3.05, 3.63) is 99.8 Å². The molecule has 0 atom stereocenters. The quantitative estimate of drug-likeness (QED) is 0.457. The molecule has 6 heteroatoms. The van der Waals surface area contributed by atoms with E-state index in [4.69, 9.17) is 16.3 Å². The van der Waals surface area contributed by atoms with Gasteiger partial charge in [0.05, 0.1) is 28.0 Å². The highest BCUT2D eigenvalue weighted by Gasteiger charge is 2.15. The van der Waals surface area contributed by atoms with Crippen LogP contribution >= 0.6 is 11.6 Å². The Kier molecular flexibility index (Phi) is 5.40. The van der Waals surface area contributed by atoms with Crippen LogP contribution in [0.25, 0.3) is 22.3 Å². The van der Waals surface area contributed by atoms with Crippen LogP contribution in [0.5, 0.6) is 0 Å². The average molecular weight is 405 g/mol. The van der Waals surface area contributed by atoms with Gasteiger partial charge < -0.3 is 4.74 Å². The second-order valence-corrected chi connectivity index (χ2v) is 6.80. The lowest BCUT2D eigenvalue weighted by atomic mass is 10.1. The molecule has 0 bridgehead atoms. The van der Waals surface area contributed by atoms with Gasteiger partial charge in [0.15, 0.2) is 0 Å². The molecule has 0 saturated heterocycles. The molecule has 1 heterocycles. The molecule has 0 amide bonds. The normalized spacial score (nSPS) is 10.8. The lowest BCUT2D eigenvalue weighted by molar-refractivity contribution is 0.0490. The second-order valence-electron chi connectivity index (χ2n) is 6.39. The highest BCUT2D eigenvalue weighted by Crippen LogP contribution is 2.26. The van der Waals surface area contributed by atoms with E-state index < -0.39 is 5.97 Å². The maximum Gasteiger partial charge on any atom is 0.338 e. The lowest BCUT2D eigenvalue weighted by Gasteiger charge is -2.15. The molecule has 0 saturated carbocycles. The van der Waals surface area contributed by atoms with E-state index in [-0.39, 0.29) is 18.7 Å². The lowest BCUT2D eigenvalue weighted by Crippen LogP contribution is -2.26. The van der Waals surface area contributed by atoms with E-state index >= 15 is 0 Å². The molecule has 4 aromatic rings. The van der Waals surface area contributed by atoms with Crippen molar-refractivity contribution in [3.63, 3.8) is 0 Å². The maximum atomic E-state index is 13.1. The van der Waals surface area contributed by atoms with E-state index in [9.17, 15) is 9.59 Å². The van der Waals surface area contributed by atoms with Crippen LogP contribution in [0.3, 0.4) is 0 Å². The Morgan fingerprint density at radius 3 is 2.41 bits per heavy atom. The fourth-order valence-electron chi connectivity index (χ4n) is 3.11. The number of halogens is 1. The van der Waals surface area contributed by atoms with Crippen LogP contribution in [0.15, 0.2) is 83.7 Å². The zero-order valence-electron chi connectivity index (χ0n) is 15.4. The molecule has 0 spiro atoms. The number of benzene rings is 3. The average Bonchev–Trinajstić information content (AvgIpc) is 2.76. The number of hydrogen-bond donors (Lipinski definition) is 0. The van der Waals surface area contributed by atoms with E-state index in [0.717, 1.165) is 0 Å². The van der Waals surface area contributed by atoms with Crippen molar-refractivity contribution in [3.8, 4) is 11.4 Å². The van der Waals surface area contributed by atoms with Gasteiger partial charge in [-0.05, 0) is 36.4 Å². The number of hydrogen-bond acceptors (Lipinski definition) is 4. The number of carbonyl (C=O) groups excluding carboxylic acids is 1. The fraction of sp³-hybridized carbons (Fsp3) is 0.0870. The van der Waals surface area contributed by atoms with Crippen molar-refractivity contribution in [1.29, 1.82) is 0 Å². The Balaban J connectivity index is 1.70. The first-order valence-corrected chi connectivity index (χ1v) is 9.49. The predicted molar refractivity (Wildman–Crippen MR) is 113 cm³/mol. The van der Waals surface area contributed by atoms with Crippen LogP contribution < -0.4 is 5.56 Å². The Morgan fingerprint density at radius 2 is 1.62 bits per heavy atom. The summed E-state index contributed by atoms with van der Waals surface area (Å²) >= 11 is 6.36. The SMILES string of the molecule is O=C(OCCn1c(-c2ccccc2Cl)nc2ccccc2c1=O)c1ccccc1. The van der Waals surface area contributed by atoms with E-state index in [2.05, 4.69) is 4.98 Å². The molecule has 0 radical (unpaired) electrons. The number of aromatic nitrogens is 2. The first-order chi connectivity index (χ1) is 14.1. The van der Waals surface area contributed by atoms with E-state index in [1.54, 1.807) is 48.5 Å². The summed E-state index contributed by atoms with van der Waals surface area (Å²) in [6.45, 7) is 0.195. The number of rotatable bonds is 5. The zero-order valence-corrected chi connectivity index (χ0v) is 16.2. The van der Waals surface area contributed by atoms with Gasteiger partial charge in [-0.15, -0.1) is 0 Å². The number of esters is 1. The molecule has 0 unspecified atom stereocenters. The molecule has 144 valence electrons. The van der Waals surface area contributed by atoms with E-state index in [1.165, 1.54) is 4.57 Å². The highest BCUT2D eigenvalue weighted by molar-refractivity contribution is 6.33. The van der Waals surface area contributed by atoms with Crippen LogP contribution in [0, 0.1) is 0 Å². The summed E-state index contributed by atoms with van der Waals surface area (Å²) in [7, 11) is 0. The Bertz CT molecular complexity index is 1240. The van der Waals surface area contributed by atoms with Gasteiger partial charge in [0.2, 0.25) is 0 Å². The molecule has 0 aliphatic heterocycles. The van der Waals surface area contributed by atoms with Gasteiger partial charge in [-0.1, -0.05) is 54.1 Å². The minimum Gasteiger partial charge on any atom is -0.460 e. The fourth-order valence-corrected chi connectivity index (χ4v) is 3.33. The van der Waals surface area contributed by atoms with Crippen molar-refractivity contribution >= 4 is 28.5 Å². The van der Waals surface area contributed by atoms with Crippen molar-refractivity contribution in [1.82, 2.24) is 9.55 Å². The summed E-state index contributed by atoms with van der Waals surface area (Å²) < 4.78 is 6.86. The van der Waals surface area contributed by atoms with Crippen molar-refractivity contribution in [2.45, 2.75) is 6.54 Å². The van der Waals surface area contributed by atoms with Gasteiger partial charge >= 0.3 is 5.97 Å². The van der Waals surface area contributed by atoms with Crippen LogP contribution in [0.2, 0.25) is 5.02 Å². The number of fused-ring (bicyclic) bond motifs is 1. The number of nitrogens with zero attached hydrogens (tertiary/aromatic N) is 2. The number of ether oxygens (including phenoxy) is 1. The molecule has 0 aliphatic rings. The summed E-state index contributed by atoms with van der Waals surface area (Å²) in [6, 6.07) is 23.1. The molecule has 0 fully saturated rings. The first kappa shape index (κ1) is 18.9. The third-order valence-electron chi connectivity index (χ3n) is 4.53. The number of carbonyl (C=O) groups is 1. The predicted octanol–water partition coefficient (Wildman–Crippen LogP) is 4.57. The maximum absolute atomic E-state index is 13.1. The minimum absolute atomic E-state index is 0.0328. The van der Waals surface area contributed by atoms with Gasteiger partial charge in [0.25, 0.3) is 5.56 Å². The van der Waals surface area contributed by atoms with Crippen molar-refractivity contribution < 1.29 is 9.53 Å². The smallest absolute Gasteiger partial charge is 0.338 e. The molecule has 0 aliphatic carbocycles. The molecule has 5 nitrogen and oxygen atoms in total. The largest absolute Gasteiger partial charge is 0.460 e. The molecule has 0 N–H and O–H groups in total. The summed E-state index contributed by atoms with van der Waals surface area (Å²) in [4.78, 5) is 30.0. The summed E-state index contributed by atoms with van der Waals surface area (Å²) in [5.74, 6) is 0.00162. The van der Waals surface area contributed by atoms with Crippen LogP contribution in [0.4, 0.5) is 0 Å². The van der Waals surface area contributed by atoms with Gasteiger partial charge in [-0.25, -0.2) is 9.78 Å². The zero-order chi connectivity index (χ0) is 20.2. The van der Waals surface area contributed by atoms with Gasteiger partial charge in [-0.3, -0.25) is 9.36 Å². The Morgan fingerprint density at radius 1 is 0.931 bits per heavy atom. The van der Waals surface area contributed by atoms with Crippen molar-refractivity contribution in [2.75, 3.05) is 6.61 Å². The molecule has 1 aromatic heterocycles. The molecular weight excluding hydrogens is 388 g/mol. The third kappa shape index (κ3) is 3.91. The standard InChI is InChI=1S/C23H17ClN2O3/c24-19-12-6-4-10-17(19)21-25-20-13-7-5-11-18(20)22(27)26(21)14-15-29-23(28)16-8-2-1-3-9-16/h1-13H,14-15H2. The monoisotopic (exact) mass is 404 g/mol. The Labute approximate surface area is 172 Å². The molecule has 3 aromatic carbocycles. The van der Waals surface area contributed by atoms with Gasteiger partial charge in [-0.2, -0.15) is 0 Å². The van der Waals surface area contributed by atoms with E-state index in [1.807, 2.05) is 30.3 Å². The minimum atomic E-state index is -0.438. The summed E-state index contributed by atoms with van der Waals surface area (Å²) in [5, 5.41) is 0.988. The van der Waals surface area contributed by atoms with Crippen LogP contribution in [-0.2, 0) is 11.3 Å². The molecule has 4 rings (SSSR count). The van der Waals surface area contributed by atoms with Gasteiger partial charge in [0.1, 0.15) is 12.4 Å². The highest BCUT2D eigenvalue weighted by atomic mass is 35.5. The third-order valence-corrected chi connectivity index (χ3v) is 4.86. The van der Waals surface area contributed by atoms with Crippen LogP contribution in [0.1, 0.15) is 10.4 Å². The first-order valence-electron chi connectivity index (χ1n) is 9.12. The molecule has 29 heavy (non-hydrogen) atoms. The second kappa shape index (κ2) is 8.29. The summed E-state index contributed by atoms with van der Waals surface area (Å²) in [6.07, 6.45) is 0. The van der Waals surface area contributed by atoms with Gasteiger partial charge in [0, 0.05) is 5.56 Å². The van der Waals surface area contributed by atoms with E-state index in [0.29, 0.717) is 32.9 Å². The Hall–Kier alpha value is -3.44. The van der Waals surface area contributed by atoms with Crippen molar-refractivity contribution in [2.24, 2.45) is 0 Å². The van der Waals surface area contributed by atoms with Crippen LogP contribution in [-0.4, -0.2) is 22.1 Å². The molecular formula is C23H17ClN2O3.